The van der Waals surface area contributed by atoms with E-state index in [1.165, 1.54) is 57.8 Å². The van der Waals surface area contributed by atoms with Crippen LogP contribution in [0.2, 0.25) is 0 Å². The average Bonchev–Trinajstić information content (AvgIpc) is 2.59. The molecule has 0 aromatic carbocycles. The minimum absolute atomic E-state index is 0.0822. The van der Waals surface area contributed by atoms with Crippen LogP contribution in [0.5, 0.6) is 0 Å². The van der Waals surface area contributed by atoms with E-state index in [0.717, 1.165) is 38.5 Å². The Hall–Kier alpha value is -0.950. The lowest BCUT2D eigenvalue weighted by Crippen LogP contribution is -2.12. The van der Waals surface area contributed by atoms with Crippen molar-refractivity contribution in [2.75, 3.05) is 0 Å². The normalized spacial score (nSPS) is 11.6. The fourth-order valence-corrected chi connectivity index (χ4v) is 3.55. The molecule has 0 radical (unpaired) electrons. The summed E-state index contributed by atoms with van der Waals surface area (Å²) in [6.45, 7) is 0. The summed E-state index contributed by atoms with van der Waals surface area (Å²) in [6.07, 6.45) is 18.0. The van der Waals surface area contributed by atoms with Gasteiger partial charge in [-0.3, -0.25) is 14.1 Å². The van der Waals surface area contributed by atoms with Gasteiger partial charge >= 0.3 is 16.1 Å². The van der Waals surface area contributed by atoms with Crippen molar-refractivity contribution < 1.29 is 27.7 Å². The third kappa shape index (κ3) is 19.6. The minimum Gasteiger partial charge on any atom is -0.481 e. The highest BCUT2D eigenvalue weighted by molar-refractivity contribution is 8.01. The first-order chi connectivity index (χ1) is 12.8. The lowest BCUT2D eigenvalue weighted by molar-refractivity contribution is -0.137. The summed E-state index contributed by atoms with van der Waals surface area (Å²) >= 11 is 0. The first-order valence-corrected chi connectivity index (χ1v) is 12.0. The van der Waals surface area contributed by atoms with Gasteiger partial charge in [0.2, 0.25) is 0 Å². The summed E-state index contributed by atoms with van der Waals surface area (Å²) in [5, 5.41) is 7.48. The Bertz CT molecular complexity index is 487. The van der Waals surface area contributed by atoms with Crippen LogP contribution in [0.15, 0.2) is 0 Å². The molecule has 2 N–H and O–H groups in total. The molecular weight excluding hydrogens is 368 g/mol. The van der Waals surface area contributed by atoms with Gasteiger partial charge in [0.1, 0.15) is 0 Å². The Morgan fingerprint density at radius 2 is 0.778 bits per heavy atom. The molecule has 0 aliphatic rings. The topological polar surface area (TPSA) is 109 Å². The highest BCUT2D eigenvalue weighted by Gasteiger charge is 2.16. The monoisotopic (exact) mass is 406 g/mol. The Morgan fingerprint density at radius 1 is 0.519 bits per heavy atom. The van der Waals surface area contributed by atoms with Crippen molar-refractivity contribution >= 4 is 21.2 Å². The molecule has 0 spiro atoms. The number of hydrogen-bond acceptors (Lipinski definition) is 4. The fourth-order valence-electron chi connectivity index (χ4n) is 3.15. The van der Waals surface area contributed by atoms with E-state index in [1.807, 2.05) is 0 Å². The highest BCUT2D eigenvalue weighted by Crippen LogP contribution is 2.14. The summed E-state index contributed by atoms with van der Waals surface area (Å²) in [5.41, 5.74) is 0. The number of carboxylic acid groups (broad SMARTS) is 1. The molecule has 0 saturated carbocycles. The van der Waals surface area contributed by atoms with Crippen LogP contribution in [0, 0.1) is 0 Å². The van der Waals surface area contributed by atoms with Crippen molar-refractivity contribution in [3.05, 3.63) is 0 Å². The molecule has 0 rings (SSSR count). The first kappa shape index (κ1) is 26.1. The van der Waals surface area contributed by atoms with E-state index in [0.29, 0.717) is 12.8 Å². The van der Waals surface area contributed by atoms with Crippen molar-refractivity contribution in [3.8, 4) is 0 Å². The lowest BCUT2D eigenvalue weighted by Gasteiger charge is -2.03. The van der Waals surface area contributed by atoms with Gasteiger partial charge in [-0.25, -0.2) is 0 Å². The summed E-state index contributed by atoms with van der Waals surface area (Å²) in [4.78, 5) is 21.4. The molecule has 0 aliphatic carbocycles. The van der Waals surface area contributed by atoms with Gasteiger partial charge in [-0.2, -0.15) is 8.42 Å². The van der Waals surface area contributed by atoms with Crippen LogP contribution in [0.4, 0.5) is 0 Å². The molecule has 0 amide bonds. The zero-order valence-electron chi connectivity index (χ0n) is 16.7. The van der Waals surface area contributed by atoms with Gasteiger partial charge in [0.05, 0.1) is 0 Å². The second kappa shape index (κ2) is 17.2. The van der Waals surface area contributed by atoms with Crippen molar-refractivity contribution in [1.82, 2.24) is 0 Å². The van der Waals surface area contributed by atoms with Gasteiger partial charge in [0, 0.05) is 12.8 Å². The van der Waals surface area contributed by atoms with Crippen LogP contribution in [0.25, 0.3) is 0 Å². The van der Waals surface area contributed by atoms with Gasteiger partial charge in [-0.1, -0.05) is 89.9 Å². The van der Waals surface area contributed by atoms with Crippen LogP contribution in [0.1, 0.15) is 116 Å². The van der Waals surface area contributed by atoms with Gasteiger partial charge < -0.3 is 5.11 Å². The predicted octanol–water partition coefficient (Wildman–Crippen LogP) is 5.51. The molecule has 7 heteroatoms. The molecule has 0 aliphatic heterocycles. The van der Waals surface area contributed by atoms with Gasteiger partial charge in [-0.15, -0.1) is 0 Å². The molecule has 0 saturated heterocycles. The molecule has 0 heterocycles. The molecule has 0 bridgehead atoms. The van der Waals surface area contributed by atoms with E-state index in [1.54, 1.807) is 0 Å². The number of hydrogen-bond donors (Lipinski definition) is 2. The Morgan fingerprint density at radius 3 is 1.04 bits per heavy atom. The Labute approximate surface area is 164 Å². The maximum absolute atomic E-state index is 11.0. The fraction of sp³-hybridized carbons (Fsp3) is 0.900. The number of aliphatic carboxylic acids is 1. The maximum Gasteiger partial charge on any atom is 0.328 e. The Balaban J connectivity index is 3.15. The van der Waals surface area contributed by atoms with Gasteiger partial charge in [0.15, 0.2) is 0 Å². The first-order valence-electron chi connectivity index (χ1n) is 10.6. The molecule has 6 nitrogen and oxygen atoms in total. The number of rotatable bonds is 19. The minimum atomic E-state index is -4.49. The van der Waals surface area contributed by atoms with Crippen LogP contribution in [0.3, 0.4) is 0 Å². The smallest absolute Gasteiger partial charge is 0.328 e. The molecule has 0 fully saturated rings. The molecule has 0 unspecified atom stereocenters. The standard InChI is InChI=1S/C20H38O6S/c21-19(22)17-15-13-11-9-7-5-3-1-2-4-6-8-10-12-14-16-18-20(23)27(24,25)26/h1-18H2,(H,21,22)(H,24,25,26). The van der Waals surface area contributed by atoms with Crippen molar-refractivity contribution in [2.45, 2.75) is 116 Å². The molecule has 0 aromatic rings. The van der Waals surface area contributed by atoms with E-state index >= 15 is 0 Å². The highest BCUT2D eigenvalue weighted by atomic mass is 32.2. The van der Waals surface area contributed by atoms with Crippen LogP contribution < -0.4 is 0 Å². The van der Waals surface area contributed by atoms with Crippen LogP contribution in [-0.2, 0) is 19.7 Å². The summed E-state index contributed by atoms with van der Waals surface area (Å²) in [7, 11) is -4.49. The molecule has 27 heavy (non-hydrogen) atoms. The Kier molecular flexibility index (Phi) is 16.6. The van der Waals surface area contributed by atoms with E-state index in [9.17, 15) is 18.0 Å². The van der Waals surface area contributed by atoms with Gasteiger partial charge in [-0.05, 0) is 12.8 Å². The van der Waals surface area contributed by atoms with Crippen molar-refractivity contribution in [3.63, 3.8) is 0 Å². The average molecular weight is 407 g/mol. The van der Waals surface area contributed by atoms with Gasteiger partial charge in [0.25, 0.3) is 5.12 Å². The second-order valence-electron chi connectivity index (χ2n) is 7.40. The van der Waals surface area contributed by atoms with Crippen molar-refractivity contribution in [2.24, 2.45) is 0 Å². The molecule has 0 aromatic heterocycles. The molecular formula is C20H38O6S. The predicted molar refractivity (Wildman–Crippen MR) is 107 cm³/mol. The van der Waals surface area contributed by atoms with E-state index in [-0.39, 0.29) is 6.42 Å². The maximum atomic E-state index is 11.0. The lowest BCUT2D eigenvalue weighted by atomic mass is 10.0. The number of carbonyl (C=O) groups is 2. The number of unbranched alkanes of at least 4 members (excludes halogenated alkanes) is 15. The SMILES string of the molecule is O=C(O)CCCCCCCCCCCCCCCCCCC(=O)S(=O)(=O)O. The third-order valence-corrected chi connectivity index (χ3v) is 5.59. The van der Waals surface area contributed by atoms with Crippen LogP contribution in [-0.4, -0.2) is 29.2 Å². The quantitative estimate of drug-likeness (QED) is 0.216. The van der Waals surface area contributed by atoms with Crippen molar-refractivity contribution in [1.29, 1.82) is 0 Å². The summed E-state index contributed by atoms with van der Waals surface area (Å²) in [5.74, 6) is -0.692. The summed E-state index contributed by atoms with van der Waals surface area (Å²) in [6, 6.07) is 0. The largest absolute Gasteiger partial charge is 0.481 e. The molecule has 160 valence electrons. The number of carboxylic acids is 1. The second-order valence-corrected chi connectivity index (χ2v) is 8.80. The number of carbonyl (C=O) groups excluding carboxylic acids is 1. The van der Waals surface area contributed by atoms with Crippen LogP contribution >= 0.6 is 0 Å². The molecule has 0 atom stereocenters. The zero-order chi connectivity index (χ0) is 20.4. The third-order valence-electron chi connectivity index (χ3n) is 4.81. The van der Waals surface area contributed by atoms with E-state index in [4.69, 9.17) is 9.66 Å². The zero-order valence-corrected chi connectivity index (χ0v) is 17.5. The van der Waals surface area contributed by atoms with E-state index < -0.39 is 21.2 Å². The summed E-state index contributed by atoms with van der Waals surface area (Å²) < 4.78 is 29.6. The van der Waals surface area contributed by atoms with E-state index in [2.05, 4.69) is 0 Å².